The van der Waals surface area contributed by atoms with E-state index in [9.17, 15) is 0 Å². The van der Waals surface area contributed by atoms with E-state index < -0.39 is 0 Å². The Hall–Kier alpha value is -1.56. The van der Waals surface area contributed by atoms with E-state index in [-0.39, 0.29) is 0 Å². The normalized spacial score (nSPS) is 10.5. The molecule has 0 atom stereocenters. The molecule has 0 amide bonds. The van der Waals surface area contributed by atoms with Gasteiger partial charge >= 0.3 is 0 Å². The van der Waals surface area contributed by atoms with Gasteiger partial charge in [0.05, 0.1) is 0 Å². The average Bonchev–Trinajstić information content (AvgIpc) is 2.25. The molecule has 0 saturated heterocycles. The summed E-state index contributed by atoms with van der Waals surface area (Å²) in [5, 5.41) is 0. The molecule has 0 radical (unpaired) electrons. The fourth-order valence-electron chi connectivity index (χ4n) is 2.03. The van der Waals surface area contributed by atoms with Crippen LogP contribution < -0.4 is 0 Å². The van der Waals surface area contributed by atoms with E-state index in [4.69, 9.17) is 0 Å². The van der Waals surface area contributed by atoms with Crippen molar-refractivity contribution in [2.45, 2.75) is 27.7 Å². The fourth-order valence-corrected chi connectivity index (χ4v) is 2.03. The van der Waals surface area contributed by atoms with Gasteiger partial charge < -0.3 is 0 Å². The van der Waals surface area contributed by atoms with Crippen LogP contribution in [0.2, 0.25) is 0 Å². The van der Waals surface area contributed by atoms with Crippen molar-refractivity contribution in [2.75, 3.05) is 0 Å². The molecule has 0 aliphatic rings. The minimum Gasteiger partial charge on any atom is -0.0614 e. The molecule has 0 nitrogen and oxygen atoms in total. The molecule has 0 aliphatic heterocycles. The van der Waals surface area contributed by atoms with Crippen LogP contribution in [0, 0.1) is 27.7 Å². The van der Waals surface area contributed by atoms with Crippen molar-refractivity contribution in [3.63, 3.8) is 0 Å². The first kappa shape index (κ1) is 10.9. The van der Waals surface area contributed by atoms with Gasteiger partial charge in [0.25, 0.3) is 0 Å². The smallest absolute Gasteiger partial charge is 0.0178 e. The molecule has 2 rings (SSSR count). The molecule has 0 heteroatoms. The maximum absolute atomic E-state index is 2.27. The Balaban J connectivity index is 2.57. The standard InChI is InChI=1S/C16H18/c1-11-6-5-7-15(8-11)16-9-12(2)14(4)13(3)10-16/h5-10H,1-4H3. The summed E-state index contributed by atoms with van der Waals surface area (Å²) in [6.07, 6.45) is 0. The maximum Gasteiger partial charge on any atom is -0.0178 e. The van der Waals surface area contributed by atoms with Gasteiger partial charge in [0.1, 0.15) is 0 Å². The molecule has 2 aromatic rings. The molecule has 16 heavy (non-hydrogen) atoms. The van der Waals surface area contributed by atoms with E-state index in [1.165, 1.54) is 33.4 Å². The highest BCUT2D eigenvalue weighted by Crippen LogP contribution is 2.25. The lowest BCUT2D eigenvalue weighted by Gasteiger charge is -2.09. The third-order valence-electron chi connectivity index (χ3n) is 3.28. The number of hydrogen-bond acceptors (Lipinski definition) is 0. The lowest BCUT2D eigenvalue weighted by Crippen LogP contribution is -1.89. The van der Waals surface area contributed by atoms with Crippen LogP contribution in [-0.4, -0.2) is 0 Å². The molecule has 82 valence electrons. The molecule has 0 fully saturated rings. The van der Waals surface area contributed by atoms with Gasteiger partial charge in [-0.1, -0.05) is 42.0 Å². The first-order valence-corrected chi connectivity index (χ1v) is 5.73. The summed E-state index contributed by atoms with van der Waals surface area (Å²) in [6, 6.07) is 13.2. The SMILES string of the molecule is Cc1cccc(-c2cc(C)c(C)c(C)c2)c1. The van der Waals surface area contributed by atoms with Crippen LogP contribution >= 0.6 is 0 Å². The zero-order valence-corrected chi connectivity index (χ0v) is 10.5. The third kappa shape index (κ3) is 2.01. The molecule has 0 unspecified atom stereocenters. The maximum atomic E-state index is 2.27. The quantitative estimate of drug-likeness (QED) is 0.646. The first-order chi connectivity index (χ1) is 7.58. The molecule has 0 aliphatic carbocycles. The summed E-state index contributed by atoms with van der Waals surface area (Å²) >= 11 is 0. The zero-order valence-electron chi connectivity index (χ0n) is 10.5. The van der Waals surface area contributed by atoms with E-state index in [2.05, 4.69) is 64.1 Å². The number of rotatable bonds is 1. The van der Waals surface area contributed by atoms with E-state index >= 15 is 0 Å². The van der Waals surface area contributed by atoms with E-state index in [0.29, 0.717) is 0 Å². The van der Waals surface area contributed by atoms with Crippen LogP contribution in [0.1, 0.15) is 22.3 Å². The second kappa shape index (κ2) is 4.13. The van der Waals surface area contributed by atoms with Crippen molar-refractivity contribution in [3.8, 4) is 11.1 Å². The monoisotopic (exact) mass is 210 g/mol. The number of hydrogen-bond donors (Lipinski definition) is 0. The molecule has 0 spiro atoms. The van der Waals surface area contributed by atoms with Crippen molar-refractivity contribution in [1.82, 2.24) is 0 Å². The second-order valence-electron chi connectivity index (χ2n) is 4.60. The summed E-state index contributed by atoms with van der Waals surface area (Å²) in [7, 11) is 0. The van der Waals surface area contributed by atoms with Gasteiger partial charge in [0.2, 0.25) is 0 Å². The van der Waals surface area contributed by atoms with Crippen LogP contribution in [0.25, 0.3) is 11.1 Å². The molecule has 2 aromatic carbocycles. The van der Waals surface area contributed by atoms with Crippen LogP contribution in [0.4, 0.5) is 0 Å². The summed E-state index contributed by atoms with van der Waals surface area (Å²) in [5.41, 5.74) is 8.09. The number of aryl methyl sites for hydroxylation is 3. The van der Waals surface area contributed by atoms with Gasteiger partial charge in [-0.15, -0.1) is 0 Å². The zero-order chi connectivity index (χ0) is 11.7. The Bertz CT molecular complexity index is 498. The predicted octanol–water partition coefficient (Wildman–Crippen LogP) is 4.59. The lowest BCUT2D eigenvalue weighted by atomic mass is 9.96. The summed E-state index contributed by atoms with van der Waals surface area (Å²) < 4.78 is 0. The number of benzene rings is 2. The second-order valence-corrected chi connectivity index (χ2v) is 4.60. The Morgan fingerprint density at radius 1 is 0.688 bits per heavy atom. The van der Waals surface area contributed by atoms with Gasteiger partial charge in [0.15, 0.2) is 0 Å². The van der Waals surface area contributed by atoms with Crippen LogP contribution in [0.15, 0.2) is 36.4 Å². The van der Waals surface area contributed by atoms with Crippen molar-refractivity contribution in [2.24, 2.45) is 0 Å². The fraction of sp³-hybridized carbons (Fsp3) is 0.250. The predicted molar refractivity (Wildman–Crippen MR) is 70.8 cm³/mol. The Morgan fingerprint density at radius 3 is 1.88 bits per heavy atom. The van der Waals surface area contributed by atoms with E-state index in [0.717, 1.165) is 0 Å². The summed E-state index contributed by atoms with van der Waals surface area (Å²) in [6.45, 7) is 8.69. The van der Waals surface area contributed by atoms with Gasteiger partial charge in [0, 0.05) is 0 Å². The van der Waals surface area contributed by atoms with Crippen LogP contribution in [-0.2, 0) is 0 Å². The largest absolute Gasteiger partial charge is 0.0614 e. The third-order valence-corrected chi connectivity index (χ3v) is 3.28. The van der Waals surface area contributed by atoms with Gasteiger partial charge in [-0.05, 0) is 55.5 Å². The van der Waals surface area contributed by atoms with Crippen molar-refractivity contribution in [1.29, 1.82) is 0 Å². The van der Waals surface area contributed by atoms with Crippen molar-refractivity contribution >= 4 is 0 Å². The minimum absolute atomic E-state index is 1.31. The van der Waals surface area contributed by atoms with E-state index in [1.807, 2.05) is 0 Å². The van der Waals surface area contributed by atoms with Crippen LogP contribution in [0.3, 0.4) is 0 Å². The van der Waals surface area contributed by atoms with Crippen molar-refractivity contribution < 1.29 is 0 Å². The molecular formula is C16H18. The molecule has 0 bridgehead atoms. The van der Waals surface area contributed by atoms with Gasteiger partial charge in [-0.2, -0.15) is 0 Å². The van der Waals surface area contributed by atoms with Crippen molar-refractivity contribution in [3.05, 3.63) is 58.7 Å². The average molecular weight is 210 g/mol. The van der Waals surface area contributed by atoms with E-state index in [1.54, 1.807) is 0 Å². The Labute approximate surface area is 97.9 Å². The topological polar surface area (TPSA) is 0 Å². The minimum atomic E-state index is 1.31. The highest BCUT2D eigenvalue weighted by Gasteiger charge is 2.03. The molecule has 0 saturated carbocycles. The summed E-state index contributed by atoms with van der Waals surface area (Å²) in [5.74, 6) is 0. The molecule has 0 N–H and O–H groups in total. The highest BCUT2D eigenvalue weighted by atomic mass is 14.1. The summed E-state index contributed by atoms with van der Waals surface area (Å²) in [4.78, 5) is 0. The van der Waals surface area contributed by atoms with Gasteiger partial charge in [-0.25, -0.2) is 0 Å². The Kier molecular flexibility index (Phi) is 2.82. The molecule has 0 aromatic heterocycles. The Morgan fingerprint density at radius 2 is 1.31 bits per heavy atom. The molecule has 0 heterocycles. The first-order valence-electron chi connectivity index (χ1n) is 5.73. The van der Waals surface area contributed by atoms with Crippen LogP contribution in [0.5, 0.6) is 0 Å². The lowest BCUT2D eigenvalue weighted by molar-refractivity contribution is 1.27. The van der Waals surface area contributed by atoms with Gasteiger partial charge in [-0.3, -0.25) is 0 Å². The molecular weight excluding hydrogens is 192 g/mol. The highest BCUT2D eigenvalue weighted by molar-refractivity contribution is 5.66.